The quantitative estimate of drug-likeness (QED) is 0.292. The number of benzene rings is 3. The molecule has 3 aromatic carbocycles. The summed E-state index contributed by atoms with van der Waals surface area (Å²) < 4.78 is 6.55. The lowest BCUT2D eigenvalue weighted by atomic mass is 10.1. The highest BCUT2D eigenvalue weighted by atomic mass is 79.9. The van der Waals surface area contributed by atoms with Crippen LogP contribution in [0.5, 0.6) is 5.75 Å². The molecule has 1 fully saturated rings. The Morgan fingerprint density at radius 2 is 1.72 bits per heavy atom. The number of halogens is 4. The molecule has 32 heavy (non-hydrogen) atoms. The Labute approximate surface area is 207 Å². The Balaban J connectivity index is 1.67. The van der Waals surface area contributed by atoms with E-state index in [1.807, 2.05) is 6.07 Å². The van der Waals surface area contributed by atoms with Crippen molar-refractivity contribution in [2.24, 2.45) is 0 Å². The molecule has 0 bridgehead atoms. The zero-order chi connectivity index (χ0) is 22.8. The Morgan fingerprint density at radius 1 is 0.969 bits per heavy atom. The van der Waals surface area contributed by atoms with Gasteiger partial charge >= 0.3 is 0 Å². The molecule has 1 aliphatic rings. The number of hydrogen-bond donors (Lipinski definition) is 1. The molecular formula is C23H14BrCl3N2O3. The molecule has 2 amide bonds. The topological polar surface area (TPSA) is 58.6 Å². The van der Waals surface area contributed by atoms with Gasteiger partial charge < -0.3 is 4.74 Å². The van der Waals surface area contributed by atoms with E-state index in [9.17, 15) is 9.59 Å². The number of carbonyl (C=O) groups excluding carboxylic acids is 2. The highest BCUT2D eigenvalue weighted by Crippen LogP contribution is 2.36. The number of rotatable bonds is 5. The van der Waals surface area contributed by atoms with Crippen molar-refractivity contribution in [1.29, 1.82) is 0 Å². The first kappa shape index (κ1) is 22.7. The molecule has 0 atom stereocenters. The summed E-state index contributed by atoms with van der Waals surface area (Å²) in [7, 11) is 0. The summed E-state index contributed by atoms with van der Waals surface area (Å²) in [4.78, 5) is 25.5. The van der Waals surface area contributed by atoms with E-state index in [1.165, 1.54) is 11.1 Å². The molecule has 1 saturated heterocycles. The molecule has 0 unspecified atom stereocenters. The Morgan fingerprint density at radius 3 is 2.44 bits per heavy atom. The minimum atomic E-state index is -0.526. The summed E-state index contributed by atoms with van der Waals surface area (Å²) in [6.07, 6.45) is 1.45. The normalized spacial score (nSPS) is 14.8. The summed E-state index contributed by atoms with van der Waals surface area (Å²) in [5, 5.41) is 2.59. The fraction of sp³-hybridized carbons (Fsp3) is 0.0435. The van der Waals surface area contributed by atoms with E-state index >= 15 is 0 Å². The number of nitrogens with zero attached hydrogens (tertiary/aromatic N) is 1. The van der Waals surface area contributed by atoms with Gasteiger partial charge in [-0.1, -0.05) is 59.1 Å². The Hall–Kier alpha value is -2.51. The third-order valence-corrected chi connectivity index (χ3v) is 6.02. The average Bonchev–Trinajstić information content (AvgIpc) is 3.03. The van der Waals surface area contributed by atoms with Crippen molar-refractivity contribution in [3.63, 3.8) is 0 Å². The van der Waals surface area contributed by atoms with Gasteiger partial charge in [0.15, 0.2) is 0 Å². The lowest BCUT2D eigenvalue weighted by Crippen LogP contribution is -2.35. The second kappa shape index (κ2) is 9.55. The van der Waals surface area contributed by atoms with Crippen LogP contribution in [0.2, 0.25) is 15.1 Å². The number of ether oxygens (including phenoxy) is 1. The first-order chi connectivity index (χ1) is 15.3. The molecular weight excluding hydrogens is 539 g/mol. The van der Waals surface area contributed by atoms with Crippen molar-refractivity contribution in [2.75, 3.05) is 5.01 Å². The van der Waals surface area contributed by atoms with Crippen molar-refractivity contribution >= 4 is 74.3 Å². The lowest BCUT2D eigenvalue weighted by Gasteiger charge is -2.14. The van der Waals surface area contributed by atoms with Gasteiger partial charge in [0.1, 0.15) is 17.9 Å². The van der Waals surface area contributed by atoms with E-state index in [0.717, 1.165) is 5.56 Å². The van der Waals surface area contributed by atoms with Gasteiger partial charge in [-0.3, -0.25) is 15.0 Å². The van der Waals surface area contributed by atoms with Gasteiger partial charge in [-0.25, -0.2) is 5.01 Å². The third kappa shape index (κ3) is 4.79. The minimum Gasteiger partial charge on any atom is -0.487 e. The molecule has 0 aromatic heterocycles. The zero-order valence-corrected chi connectivity index (χ0v) is 20.1. The number of hydrogen-bond acceptors (Lipinski definition) is 3. The van der Waals surface area contributed by atoms with Crippen LogP contribution >= 0.6 is 50.7 Å². The van der Waals surface area contributed by atoms with Crippen LogP contribution in [-0.2, 0) is 16.2 Å². The van der Waals surface area contributed by atoms with Gasteiger partial charge in [-0.05, 0) is 58.4 Å². The molecule has 1 aliphatic heterocycles. The van der Waals surface area contributed by atoms with E-state index < -0.39 is 11.8 Å². The maximum Gasteiger partial charge on any atom is 0.282 e. The molecule has 3 aromatic rings. The third-order valence-electron chi connectivity index (χ3n) is 4.63. The predicted octanol–water partition coefficient (Wildman–Crippen LogP) is 6.45. The summed E-state index contributed by atoms with van der Waals surface area (Å²) in [5.41, 5.74) is 4.26. The number of amides is 2. The summed E-state index contributed by atoms with van der Waals surface area (Å²) in [6, 6.07) is 17.2. The summed E-state index contributed by atoms with van der Waals surface area (Å²) >= 11 is 21.8. The van der Waals surface area contributed by atoms with E-state index in [1.54, 1.807) is 54.6 Å². The Kier molecular flexibility index (Phi) is 6.76. The molecule has 9 heteroatoms. The molecule has 4 rings (SSSR count). The van der Waals surface area contributed by atoms with Gasteiger partial charge in [-0.15, -0.1) is 0 Å². The van der Waals surface area contributed by atoms with Crippen LogP contribution in [0.3, 0.4) is 0 Å². The van der Waals surface area contributed by atoms with Crippen molar-refractivity contribution in [1.82, 2.24) is 5.43 Å². The molecule has 1 heterocycles. The van der Waals surface area contributed by atoms with Gasteiger partial charge in [0.2, 0.25) is 0 Å². The molecule has 0 radical (unpaired) electrons. The smallest absolute Gasteiger partial charge is 0.282 e. The number of anilines is 1. The van der Waals surface area contributed by atoms with Crippen LogP contribution < -0.4 is 15.2 Å². The van der Waals surface area contributed by atoms with Gasteiger partial charge in [0.05, 0.1) is 10.2 Å². The molecule has 0 saturated carbocycles. The molecule has 162 valence electrons. The second-order valence-corrected chi connectivity index (χ2v) is 8.94. The van der Waals surface area contributed by atoms with E-state index in [2.05, 4.69) is 21.4 Å². The fourth-order valence-corrected chi connectivity index (χ4v) is 4.51. The van der Waals surface area contributed by atoms with Crippen LogP contribution in [0.4, 0.5) is 5.69 Å². The largest absolute Gasteiger partial charge is 0.487 e. The van der Waals surface area contributed by atoms with Crippen LogP contribution in [0, 0.1) is 0 Å². The van der Waals surface area contributed by atoms with E-state index in [-0.39, 0.29) is 12.2 Å². The lowest BCUT2D eigenvalue weighted by molar-refractivity contribution is -0.117. The number of carbonyl (C=O) groups is 2. The predicted molar refractivity (Wildman–Crippen MR) is 130 cm³/mol. The zero-order valence-electron chi connectivity index (χ0n) is 16.2. The van der Waals surface area contributed by atoms with Gasteiger partial charge in [0.25, 0.3) is 11.8 Å². The van der Waals surface area contributed by atoms with Crippen molar-refractivity contribution < 1.29 is 14.3 Å². The van der Waals surface area contributed by atoms with Gasteiger partial charge in [-0.2, -0.15) is 0 Å². The molecule has 1 N–H and O–H groups in total. The number of nitrogens with one attached hydrogen (secondary N) is 1. The molecule has 0 spiro atoms. The SMILES string of the molecule is O=C1NN(c2ccccc2)C(=O)/C1=C\c1cc(Cl)cc(Br)c1OCc1ccc(Cl)cc1Cl. The molecule has 5 nitrogen and oxygen atoms in total. The van der Waals surface area contributed by atoms with Crippen LogP contribution in [0.15, 0.2) is 70.7 Å². The van der Waals surface area contributed by atoms with Crippen molar-refractivity contribution in [3.05, 3.63) is 96.9 Å². The van der Waals surface area contributed by atoms with Crippen molar-refractivity contribution in [2.45, 2.75) is 6.61 Å². The maximum atomic E-state index is 12.9. The van der Waals surface area contributed by atoms with E-state index in [0.29, 0.717) is 36.5 Å². The average molecular weight is 553 g/mol. The minimum absolute atomic E-state index is 0.0441. The summed E-state index contributed by atoms with van der Waals surface area (Å²) in [6.45, 7) is 0.142. The van der Waals surface area contributed by atoms with Crippen LogP contribution in [0.1, 0.15) is 11.1 Å². The molecule has 0 aliphatic carbocycles. The fourth-order valence-electron chi connectivity index (χ4n) is 3.10. The first-order valence-electron chi connectivity index (χ1n) is 9.31. The summed E-state index contributed by atoms with van der Waals surface area (Å²) in [5.74, 6) is -0.600. The van der Waals surface area contributed by atoms with Crippen molar-refractivity contribution in [3.8, 4) is 5.75 Å². The first-order valence-corrected chi connectivity index (χ1v) is 11.2. The maximum absolute atomic E-state index is 12.9. The van der Waals surface area contributed by atoms with E-state index in [4.69, 9.17) is 39.5 Å². The number of para-hydroxylation sites is 1. The van der Waals surface area contributed by atoms with Crippen LogP contribution in [0.25, 0.3) is 6.08 Å². The standard InChI is InChI=1S/C23H14BrCl3N2O3/c24-19-10-16(26)8-14(21(19)32-12-13-6-7-15(25)11-20(13)27)9-18-22(30)28-29(23(18)31)17-4-2-1-3-5-17/h1-11H,12H2,(H,28,30)/b18-9-. The highest BCUT2D eigenvalue weighted by Gasteiger charge is 2.34. The highest BCUT2D eigenvalue weighted by molar-refractivity contribution is 9.10. The second-order valence-electron chi connectivity index (χ2n) is 6.81. The Bertz CT molecular complexity index is 1250. The monoisotopic (exact) mass is 550 g/mol. The van der Waals surface area contributed by atoms with Gasteiger partial charge in [0, 0.05) is 26.2 Å². The number of hydrazine groups is 1. The van der Waals surface area contributed by atoms with Crippen LogP contribution in [-0.4, -0.2) is 11.8 Å².